The van der Waals surface area contributed by atoms with E-state index in [1.165, 1.54) is 0 Å². The third-order valence-corrected chi connectivity index (χ3v) is 4.83. The normalized spacial score (nSPS) is 22.3. The number of amides is 1. The maximum atomic E-state index is 12.7. The molecule has 2 aromatic rings. The van der Waals surface area contributed by atoms with E-state index in [9.17, 15) is 9.90 Å². The van der Waals surface area contributed by atoms with E-state index in [1.54, 1.807) is 11.0 Å². The Morgan fingerprint density at radius 3 is 2.74 bits per heavy atom. The van der Waals surface area contributed by atoms with Crippen LogP contribution >= 0.6 is 0 Å². The van der Waals surface area contributed by atoms with Crippen molar-refractivity contribution in [3.8, 4) is 0 Å². The first kappa shape index (κ1) is 14.3. The molecule has 1 saturated carbocycles. The molecule has 7 heteroatoms. The summed E-state index contributed by atoms with van der Waals surface area (Å²) in [6.45, 7) is 1.31. The molecule has 7 nitrogen and oxygen atoms in total. The number of hydrogen-bond donors (Lipinski definition) is 1. The average molecular weight is 313 g/mol. The third-order valence-electron chi connectivity index (χ3n) is 4.83. The van der Waals surface area contributed by atoms with E-state index in [1.807, 2.05) is 29.2 Å². The Labute approximate surface area is 133 Å². The van der Waals surface area contributed by atoms with Crippen LogP contribution in [0.3, 0.4) is 0 Å². The highest BCUT2D eigenvalue weighted by molar-refractivity contribution is 5.94. The van der Waals surface area contributed by atoms with Crippen LogP contribution in [0.2, 0.25) is 0 Å². The van der Waals surface area contributed by atoms with Gasteiger partial charge in [-0.1, -0.05) is 12.1 Å². The lowest BCUT2D eigenvalue weighted by Crippen LogP contribution is -2.44. The fourth-order valence-electron chi connectivity index (χ4n) is 3.39. The molecular weight excluding hydrogens is 294 g/mol. The number of carbonyl (C=O) groups excluding carboxylic acids is 1. The summed E-state index contributed by atoms with van der Waals surface area (Å²) in [5.41, 5.74) is 1.07. The van der Waals surface area contributed by atoms with Crippen molar-refractivity contribution in [2.24, 2.45) is 0 Å². The highest BCUT2D eigenvalue weighted by atomic mass is 16.3. The van der Waals surface area contributed by atoms with Crippen molar-refractivity contribution >= 4 is 5.91 Å². The maximum Gasteiger partial charge on any atom is 0.254 e. The molecule has 2 fully saturated rings. The van der Waals surface area contributed by atoms with Gasteiger partial charge in [0.25, 0.3) is 5.91 Å². The van der Waals surface area contributed by atoms with Crippen molar-refractivity contribution in [3.63, 3.8) is 0 Å². The van der Waals surface area contributed by atoms with E-state index in [4.69, 9.17) is 0 Å². The monoisotopic (exact) mass is 313 g/mol. The van der Waals surface area contributed by atoms with Gasteiger partial charge >= 0.3 is 0 Å². The molecule has 1 unspecified atom stereocenters. The summed E-state index contributed by atoms with van der Waals surface area (Å²) in [7, 11) is 0. The van der Waals surface area contributed by atoms with Crippen molar-refractivity contribution < 1.29 is 9.90 Å². The number of carbonyl (C=O) groups is 1. The van der Waals surface area contributed by atoms with Crippen molar-refractivity contribution in [1.82, 2.24) is 25.1 Å². The van der Waals surface area contributed by atoms with Crippen LogP contribution in [0.25, 0.3) is 0 Å². The predicted octanol–water partition coefficient (Wildman–Crippen LogP) is 0.851. The minimum atomic E-state index is -0.633. The van der Waals surface area contributed by atoms with E-state index in [0.717, 1.165) is 37.8 Å². The standard InChI is InChI=1S/C16H19N5O2/c22-15(21-9-1-2-14(21)16(23)7-8-16)13-5-3-12(4-6-13)10-20-11-17-18-19-20/h3-6,11,14,23H,1-2,7-10H2. The molecular formula is C16H19N5O2. The second kappa shape index (κ2) is 5.42. The van der Waals surface area contributed by atoms with Gasteiger partial charge < -0.3 is 10.0 Å². The first-order valence-electron chi connectivity index (χ1n) is 7.99. The van der Waals surface area contributed by atoms with E-state index in [-0.39, 0.29) is 11.9 Å². The van der Waals surface area contributed by atoms with Crippen LogP contribution in [-0.4, -0.2) is 54.3 Å². The summed E-state index contributed by atoms with van der Waals surface area (Å²) in [5, 5.41) is 21.4. The molecule has 0 bridgehead atoms. The molecule has 0 spiro atoms. The lowest BCUT2D eigenvalue weighted by Gasteiger charge is -2.28. The number of hydrogen-bond acceptors (Lipinski definition) is 5. The Bertz CT molecular complexity index is 694. The highest BCUT2D eigenvalue weighted by Gasteiger charge is 2.52. The third kappa shape index (κ3) is 2.72. The number of benzene rings is 1. The Hall–Kier alpha value is -2.28. The van der Waals surface area contributed by atoms with Crippen LogP contribution in [0, 0.1) is 0 Å². The zero-order valence-corrected chi connectivity index (χ0v) is 12.8. The fraction of sp³-hybridized carbons (Fsp3) is 0.500. The largest absolute Gasteiger partial charge is 0.388 e. The van der Waals surface area contributed by atoms with Crippen molar-refractivity contribution in [1.29, 1.82) is 0 Å². The predicted molar refractivity (Wildman–Crippen MR) is 81.6 cm³/mol. The number of nitrogens with zero attached hydrogens (tertiary/aromatic N) is 5. The molecule has 0 radical (unpaired) electrons. The van der Waals surface area contributed by atoms with E-state index in [0.29, 0.717) is 12.1 Å². The summed E-state index contributed by atoms with van der Waals surface area (Å²) in [6.07, 6.45) is 5.05. The summed E-state index contributed by atoms with van der Waals surface area (Å²) >= 11 is 0. The smallest absolute Gasteiger partial charge is 0.254 e. The highest BCUT2D eigenvalue weighted by Crippen LogP contribution is 2.44. The van der Waals surface area contributed by atoms with Crippen LogP contribution in [0.4, 0.5) is 0 Å². The van der Waals surface area contributed by atoms with Crippen LogP contribution in [0.1, 0.15) is 41.6 Å². The SMILES string of the molecule is O=C(c1ccc(Cn2cnnn2)cc1)N1CCCC1C1(O)CC1. The molecule has 1 amide bonds. The Morgan fingerprint density at radius 1 is 1.30 bits per heavy atom. The Balaban J connectivity index is 1.48. The summed E-state index contributed by atoms with van der Waals surface area (Å²) < 4.78 is 1.63. The zero-order valence-electron chi connectivity index (χ0n) is 12.8. The summed E-state index contributed by atoms with van der Waals surface area (Å²) in [5.74, 6) is 0.0156. The van der Waals surface area contributed by atoms with Crippen LogP contribution in [-0.2, 0) is 6.54 Å². The molecule has 1 atom stereocenters. The van der Waals surface area contributed by atoms with Crippen LogP contribution in [0.5, 0.6) is 0 Å². The Kier molecular flexibility index (Phi) is 3.37. The molecule has 1 aromatic carbocycles. The number of likely N-dealkylation sites (tertiary alicyclic amines) is 1. The number of tetrazole rings is 1. The van der Waals surface area contributed by atoms with Crippen LogP contribution in [0.15, 0.2) is 30.6 Å². The average Bonchev–Trinajstić information content (AvgIpc) is 3.01. The minimum absolute atomic E-state index is 0.0156. The molecule has 4 rings (SSSR count). The summed E-state index contributed by atoms with van der Waals surface area (Å²) in [6, 6.07) is 7.51. The first-order valence-corrected chi connectivity index (χ1v) is 7.99. The first-order chi connectivity index (χ1) is 11.2. The number of rotatable bonds is 4. The van der Waals surface area contributed by atoms with Gasteiger partial charge in [0.15, 0.2) is 0 Å². The minimum Gasteiger partial charge on any atom is -0.388 e. The zero-order chi connectivity index (χ0) is 15.9. The van der Waals surface area contributed by atoms with E-state index in [2.05, 4.69) is 15.5 Å². The van der Waals surface area contributed by atoms with E-state index < -0.39 is 5.60 Å². The molecule has 1 saturated heterocycles. The fourth-order valence-corrected chi connectivity index (χ4v) is 3.39. The molecule has 1 aromatic heterocycles. The Morgan fingerprint density at radius 2 is 2.09 bits per heavy atom. The summed E-state index contributed by atoms with van der Waals surface area (Å²) in [4.78, 5) is 14.6. The molecule has 120 valence electrons. The van der Waals surface area contributed by atoms with Crippen LogP contribution < -0.4 is 0 Å². The molecule has 2 aliphatic rings. The van der Waals surface area contributed by atoms with Crippen molar-refractivity contribution in [2.75, 3.05) is 6.54 Å². The van der Waals surface area contributed by atoms with E-state index >= 15 is 0 Å². The second-order valence-corrected chi connectivity index (χ2v) is 6.46. The van der Waals surface area contributed by atoms with Gasteiger partial charge in [-0.3, -0.25) is 4.79 Å². The second-order valence-electron chi connectivity index (χ2n) is 6.46. The van der Waals surface area contributed by atoms with Gasteiger partial charge in [0.1, 0.15) is 6.33 Å². The molecule has 1 aliphatic heterocycles. The van der Waals surface area contributed by atoms with Crippen molar-refractivity contribution in [2.45, 2.75) is 43.9 Å². The molecule has 1 N–H and O–H groups in total. The van der Waals surface area contributed by atoms with Gasteiger partial charge in [-0.05, 0) is 53.8 Å². The van der Waals surface area contributed by atoms with Gasteiger partial charge in [0.05, 0.1) is 18.2 Å². The van der Waals surface area contributed by atoms with Gasteiger partial charge in [0, 0.05) is 12.1 Å². The van der Waals surface area contributed by atoms with Gasteiger partial charge in [-0.25, -0.2) is 4.68 Å². The van der Waals surface area contributed by atoms with Gasteiger partial charge in [0.2, 0.25) is 0 Å². The lowest BCUT2D eigenvalue weighted by atomic mass is 10.1. The maximum absolute atomic E-state index is 12.7. The van der Waals surface area contributed by atoms with Crippen molar-refractivity contribution in [3.05, 3.63) is 41.7 Å². The lowest BCUT2D eigenvalue weighted by molar-refractivity contribution is 0.0386. The number of aliphatic hydroxyl groups is 1. The van der Waals surface area contributed by atoms with Gasteiger partial charge in [-0.2, -0.15) is 0 Å². The quantitative estimate of drug-likeness (QED) is 0.904. The number of aromatic nitrogens is 4. The molecule has 1 aliphatic carbocycles. The molecule has 23 heavy (non-hydrogen) atoms. The topological polar surface area (TPSA) is 84.1 Å². The molecule has 2 heterocycles. The van der Waals surface area contributed by atoms with Gasteiger partial charge in [-0.15, -0.1) is 5.10 Å².